The molecule has 3 aromatic rings. The smallest absolute Gasteiger partial charge is 0.249 e. The first-order valence-corrected chi connectivity index (χ1v) is 11.7. The Kier molecular flexibility index (Phi) is 5.52. The lowest BCUT2D eigenvalue weighted by Crippen LogP contribution is -2.49. The molecule has 0 radical (unpaired) electrons. The molecule has 160 valence electrons. The van der Waals surface area contributed by atoms with E-state index >= 15 is 0 Å². The van der Waals surface area contributed by atoms with Crippen LogP contribution in [0, 0.1) is 5.82 Å². The molecule has 2 aliphatic rings. The Morgan fingerprint density at radius 1 is 1.16 bits per heavy atom. The van der Waals surface area contributed by atoms with Crippen molar-refractivity contribution >= 4 is 28.4 Å². The van der Waals surface area contributed by atoms with E-state index in [0.29, 0.717) is 6.42 Å². The molecule has 1 saturated heterocycles. The predicted molar refractivity (Wildman–Crippen MR) is 122 cm³/mol. The van der Waals surface area contributed by atoms with Crippen LogP contribution in [0.5, 0.6) is 0 Å². The van der Waals surface area contributed by atoms with Crippen molar-refractivity contribution in [3.05, 3.63) is 71.9 Å². The molecule has 0 bridgehead atoms. The van der Waals surface area contributed by atoms with Crippen LogP contribution in [0.2, 0.25) is 0 Å². The Morgan fingerprint density at radius 3 is 2.84 bits per heavy atom. The summed E-state index contributed by atoms with van der Waals surface area (Å²) in [6.07, 6.45) is 7.04. The van der Waals surface area contributed by atoms with E-state index in [1.54, 1.807) is 22.2 Å². The molecule has 2 aliphatic heterocycles. The standard InChI is InChI=1S/C24H25FN4OS/c1-16-26-22(23(31-16)17-7-3-2-4-8-17)24(30)29-12-6-5-9-20(29)13-19-15-28-14-18(25)10-11-21(28)27-19/h2-4,7-8,10-11,14-15,20,22-23H,5-6,9,12-13H2,1H3/t20-,22?,23?/m0/s1. The molecular weight excluding hydrogens is 411 g/mol. The number of amides is 1. The predicted octanol–water partition coefficient (Wildman–Crippen LogP) is 4.67. The molecule has 1 aromatic carbocycles. The number of piperidine rings is 1. The number of thioether (sulfide) groups is 1. The van der Waals surface area contributed by atoms with E-state index in [9.17, 15) is 9.18 Å². The summed E-state index contributed by atoms with van der Waals surface area (Å²) in [5.74, 6) is -0.178. The number of carbonyl (C=O) groups excluding carboxylic acids is 1. The number of pyridine rings is 1. The van der Waals surface area contributed by atoms with Gasteiger partial charge in [-0.2, -0.15) is 0 Å². The van der Waals surface area contributed by atoms with Crippen LogP contribution in [0.1, 0.15) is 42.7 Å². The minimum atomic E-state index is -0.386. The molecule has 5 rings (SSSR count). The molecule has 5 nitrogen and oxygen atoms in total. The molecule has 4 heterocycles. The second kappa shape index (κ2) is 8.46. The zero-order valence-electron chi connectivity index (χ0n) is 17.4. The molecule has 7 heteroatoms. The van der Waals surface area contributed by atoms with Crippen LogP contribution in [0.4, 0.5) is 4.39 Å². The second-order valence-corrected chi connectivity index (χ2v) is 9.61. The largest absolute Gasteiger partial charge is 0.337 e. The Hall–Kier alpha value is -2.67. The van der Waals surface area contributed by atoms with Gasteiger partial charge in [0.25, 0.3) is 0 Å². The van der Waals surface area contributed by atoms with Crippen molar-refractivity contribution in [3.8, 4) is 0 Å². The van der Waals surface area contributed by atoms with Crippen molar-refractivity contribution in [2.45, 2.75) is 49.9 Å². The highest BCUT2D eigenvalue weighted by molar-refractivity contribution is 8.14. The molecule has 3 atom stereocenters. The van der Waals surface area contributed by atoms with Crippen molar-refractivity contribution in [3.63, 3.8) is 0 Å². The topological polar surface area (TPSA) is 50.0 Å². The Balaban J connectivity index is 1.38. The third-order valence-electron chi connectivity index (χ3n) is 6.11. The van der Waals surface area contributed by atoms with Gasteiger partial charge in [0, 0.05) is 31.4 Å². The number of aromatic nitrogens is 2. The first-order valence-electron chi connectivity index (χ1n) is 10.8. The summed E-state index contributed by atoms with van der Waals surface area (Å²) in [7, 11) is 0. The number of benzene rings is 1. The molecule has 0 aliphatic carbocycles. The maximum Gasteiger partial charge on any atom is 0.249 e. The number of likely N-dealkylation sites (tertiary alicyclic amines) is 1. The van der Waals surface area contributed by atoms with E-state index in [-0.39, 0.29) is 29.1 Å². The minimum absolute atomic E-state index is 0.0226. The highest BCUT2D eigenvalue weighted by Crippen LogP contribution is 2.41. The van der Waals surface area contributed by atoms with Gasteiger partial charge in [-0.1, -0.05) is 30.3 Å². The van der Waals surface area contributed by atoms with E-state index < -0.39 is 0 Å². The number of hydrogen-bond donors (Lipinski definition) is 0. The van der Waals surface area contributed by atoms with Gasteiger partial charge in [0.1, 0.15) is 17.5 Å². The highest BCUT2D eigenvalue weighted by atomic mass is 32.2. The van der Waals surface area contributed by atoms with Crippen LogP contribution in [0.15, 0.2) is 59.9 Å². The number of halogens is 1. The highest BCUT2D eigenvalue weighted by Gasteiger charge is 2.40. The van der Waals surface area contributed by atoms with Gasteiger partial charge in [0.05, 0.1) is 16.0 Å². The van der Waals surface area contributed by atoms with Crippen LogP contribution < -0.4 is 0 Å². The average Bonchev–Trinajstić information content (AvgIpc) is 3.36. The summed E-state index contributed by atoms with van der Waals surface area (Å²) in [5, 5.41) is 0.984. The van der Waals surface area contributed by atoms with Crippen LogP contribution in [0.25, 0.3) is 5.65 Å². The van der Waals surface area contributed by atoms with Gasteiger partial charge in [-0.3, -0.25) is 9.79 Å². The number of hydrogen-bond acceptors (Lipinski definition) is 4. The molecule has 0 saturated carbocycles. The quantitative estimate of drug-likeness (QED) is 0.597. The lowest BCUT2D eigenvalue weighted by atomic mass is 9.96. The van der Waals surface area contributed by atoms with Gasteiger partial charge in [0.2, 0.25) is 5.91 Å². The van der Waals surface area contributed by atoms with Crippen LogP contribution >= 0.6 is 11.8 Å². The number of carbonyl (C=O) groups is 1. The summed E-state index contributed by atoms with van der Waals surface area (Å²) >= 11 is 1.68. The van der Waals surface area contributed by atoms with Gasteiger partial charge in [-0.15, -0.1) is 11.8 Å². The van der Waals surface area contributed by atoms with Gasteiger partial charge in [0.15, 0.2) is 0 Å². The first-order chi connectivity index (χ1) is 15.1. The Bertz CT molecular complexity index is 1130. The number of imidazole rings is 1. The monoisotopic (exact) mass is 436 g/mol. The third-order valence-corrected chi connectivity index (χ3v) is 7.34. The molecule has 1 amide bonds. The zero-order chi connectivity index (χ0) is 21.4. The lowest BCUT2D eigenvalue weighted by molar-refractivity contribution is -0.136. The molecule has 0 spiro atoms. The van der Waals surface area contributed by atoms with Crippen LogP contribution in [0.3, 0.4) is 0 Å². The fraction of sp³-hybridized carbons (Fsp3) is 0.375. The number of nitrogens with zero attached hydrogens (tertiary/aromatic N) is 4. The van der Waals surface area contributed by atoms with Gasteiger partial charge in [-0.25, -0.2) is 9.37 Å². The van der Waals surface area contributed by atoms with E-state index in [1.165, 1.54) is 12.3 Å². The summed E-state index contributed by atoms with van der Waals surface area (Å²) in [4.78, 5) is 25.1. The molecule has 0 N–H and O–H groups in total. The maximum absolute atomic E-state index is 13.7. The maximum atomic E-state index is 13.7. The van der Waals surface area contributed by atoms with E-state index in [2.05, 4.69) is 17.1 Å². The number of fused-ring (bicyclic) bond motifs is 1. The Morgan fingerprint density at radius 2 is 2.00 bits per heavy atom. The molecule has 31 heavy (non-hydrogen) atoms. The van der Waals surface area contributed by atoms with Crippen LogP contribution in [-0.4, -0.2) is 43.9 Å². The SMILES string of the molecule is CC1=NC(C(=O)N2CCCC[C@H]2Cc2cn3cc(F)ccc3n2)C(c2ccccc2)S1. The molecular formula is C24H25FN4OS. The summed E-state index contributed by atoms with van der Waals surface area (Å²) in [6, 6.07) is 13.0. The van der Waals surface area contributed by atoms with Crippen molar-refractivity contribution in [2.75, 3.05) is 6.54 Å². The van der Waals surface area contributed by atoms with E-state index in [1.807, 2.05) is 36.2 Å². The van der Waals surface area contributed by atoms with Crippen molar-refractivity contribution in [1.29, 1.82) is 0 Å². The van der Waals surface area contributed by atoms with Gasteiger partial charge < -0.3 is 9.30 Å². The minimum Gasteiger partial charge on any atom is -0.337 e. The van der Waals surface area contributed by atoms with E-state index in [4.69, 9.17) is 4.99 Å². The molecule has 2 aromatic heterocycles. The van der Waals surface area contributed by atoms with Gasteiger partial charge >= 0.3 is 0 Å². The third kappa shape index (κ3) is 4.11. The summed E-state index contributed by atoms with van der Waals surface area (Å²) in [5.41, 5.74) is 2.75. The number of aliphatic imine (C=N–C) groups is 1. The fourth-order valence-electron chi connectivity index (χ4n) is 4.65. The first kappa shape index (κ1) is 20.2. The van der Waals surface area contributed by atoms with Crippen molar-refractivity contribution < 1.29 is 9.18 Å². The summed E-state index contributed by atoms with van der Waals surface area (Å²) < 4.78 is 15.3. The number of rotatable bonds is 4. The van der Waals surface area contributed by atoms with E-state index in [0.717, 1.165) is 47.8 Å². The molecule has 1 fully saturated rings. The second-order valence-electron chi connectivity index (χ2n) is 8.27. The normalized spacial score (nSPS) is 23.9. The van der Waals surface area contributed by atoms with Crippen LogP contribution in [-0.2, 0) is 11.2 Å². The van der Waals surface area contributed by atoms with Gasteiger partial charge in [-0.05, 0) is 43.9 Å². The zero-order valence-corrected chi connectivity index (χ0v) is 18.3. The van der Waals surface area contributed by atoms with Crippen molar-refractivity contribution in [2.24, 2.45) is 4.99 Å². The Labute approximate surface area is 185 Å². The lowest BCUT2D eigenvalue weighted by Gasteiger charge is -2.37. The van der Waals surface area contributed by atoms with Crippen molar-refractivity contribution in [1.82, 2.24) is 14.3 Å². The summed E-state index contributed by atoms with van der Waals surface area (Å²) in [6.45, 7) is 2.74. The average molecular weight is 437 g/mol. The fourth-order valence-corrected chi connectivity index (χ4v) is 5.79. The molecule has 2 unspecified atom stereocenters.